The van der Waals surface area contributed by atoms with Crippen LogP contribution in [0.2, 0.25) is 0 Å². The molecule has 1 aromatic carbocycles. The van der Waals surface area contributed by atoms with Gasteiger partial charge in [0.2, 0.25) is 5.82 Å². The number of carbonyl (C=O) groups excluding carboxylic acids is 1. The Morgan fingerprint density at radius 2 is 2.08 bits per heavy atom. The zero-order chi connectivity index (χ0) is 17.6. The van der Waals surface area contributed by atoms with Crippen LogP contribution < -0.4 is 0 Å². The molecule has 0 radical (unpaired) electrons. The molecule has 0 N–H and O–H groups in total. The average molecular weight is 347 g/mol. The summed E-state index contributed by atoms with van der Waals surface area (Å²) in [6, 6.07) is 7.25. The molecule has 25 heavy (non-hydrogen) atoms. The number of rotatable bonds is 3. The zero-order valence-electron chi connectivity index (χ0n) is 12.8. The number of pyridine rings is 1. The number of esters is 1. The van der Waals surface area contributed by atoms with Crippen LogP contribution in [0.5, 0.6) is 0 Å². The van der Waals surface area contributed by atoms with Crippen LogP contribution in [-0.2, 0) is 11.2 Å². The molecule has 8 heteroatoms. The smallest absolute Gasteiger partial charge is 0.340 e. The summed E-state index contributed by atoms with van der Waals surface area (Å²) in [4.78, 5) is 12.4. The molecule has 0 saturated carbocycles. The zero-order valence-corrected chi connectivity index (χ0v) is 12.8. The summed E-state index contributed by atoms with van der Waals surface area (Å²) in [5.74, 6) is -1.61. The summed E-state index contributed by atoms with van der Waals surface area (Å²) in [6.07, 6.45) is -0.897. The third kappa shape index (κ3) is 2.73. The number of nitrogens with zero attached hydrogens (tertiary/aromatic N) is 3. The van der Waals surface area contributed by atoms with Gasteiger partial charge >= 0.3 is 5.97 Å². The van der Waals surface area contributed by atoms with Gasteiger partial charge in [-0.25, -0.2) is 18.0 Å². The molecular weight excluding hydrogens is 335 g/mol. The Balaban J connectivity index is 1.61. The van der Waals surface area contributed by atoms with Crippen molar-refractivity contribution >= 4 is 11.6 Å². The molecule has 0 saturated heterocycles. The highest BCUT2D eigenvalue weighted by molar-refractivity contribution is 5.89. The van der Waals surface area contributed by atoms with E-state index in [1.807, 2.05) is 0 Å². The second-order valence-corrected chi connectivity index (χ2v) is 5.78. The van der Waals surface area contributed by atoms with Gasteiger partial charge in [0.1, 0.15) is 11.9 Å². The van der Waals surface area contributed by atoms with Crippen LogP contribution in [0.25, 0.3) is 5.65 Å². The Bertz CT molecular complexity index is 971. The van der Waals surface area contributed by atoms with E-state index in [1.165, 1.54) is 30.5 Å². The van der Waals surface area contributed by atoms with Crippen LogP contribution in [0, 0.1) is 5.82 Å². The fourth-order valence-corrected chi connectivity index (χ4v) is 3.03. The number of hydrogen-bond donors (Lipinski definition) is 0. The normalized spacial score (nSPS) is 16.4. The number of aromatic nitrogens is 3. The van der Waals surface area contributed by atoms with E-state index in [1.54, 1.807) is 6.07 Å². The van der Waals surface area contributed by atoms with Gasteiger partial charge < -0.3 is 4.74 Å². The lowest BCUT2D eigenvalue weighted by molar-refractivity contribution is 0.0300. The lowest BCUT2D eigenvalue weighted by Crippen LogP contribution is -2.11. The van der Waals surface area contributed by atoms with Crippen molar-refractivity contribution in [1.82, 2.24) is 14.6 Å². The lowest BCUT2D eigenvalue weighted by atomic mass is 10.1. The number of hydrogen-bond acceptors (Lipinski definition) is 4. The van der Waals surface area contributed by atoms with Crippen molar-refractivity contribution in [2.75, 3.05) is 0 Å². The van der Waals surface area contributed by atoms with Gasteiger partial charge in [-0.15, -0.1) is 10.2 Å². The predicted octanol–water partition coefficient (Wildman–Crippen LogP) is 3.65. The van der Waals surface area contributed by atoms with Gasteiger partial charge in [-0.3, -0.25) is 4.40 Å². The number of fused-ring (bicyclic) bond motifs is 2. The van der Waals surface area contributed by atoms with Crippen molar-refractivity contribution in [1.29, 1.82) is 0 Å². The summed E-state index contributed by atoms with van der Waals surface area (Å²) >= 11 is 0. The number of carbonyl (C=O) groups is 1. The molecule has 128 valence electrons. The monoisotopic (exact) mass is 347 g/mol. The van der Waals surface area contributed by atoms with Crippen molar-refractivity contribution in [3.8, 4) is 0 Å². The summed E-state index contributed by atoms with van der Waals surface area (Å²) in [7, 11) is 0. The van der Waals surface area contributed by atoms with Gasteiger partial charge in [0.15, 0.2) is 5.65 Å². The standard InChI is InChI=1S/C17H12F3N3O2/c18-11-4-1-9-2-5-13(12(9)7-11)25-17(24)10-3-6-14-21-22-16(15(19)20)23(14)8-10/h1,3-4,6-8,13,15H,2,5H2/t13-/m0/s1. The maximum atomic E-state index is 13.4. The Labute approximate surface area is 140 Å². The predicted molar refractivity (Wildman–Crippen MR) is 80.8 cm³/mol. The molecule has 3 aromatic rings. The fraction of sp³-hybridized carbons (Fsp3) is 0.235. The van der Waals surface area contributed by atoms with Crippen LogP contribution in [0.3, 0.4) is 0 Å². The van der Waals surface area contributed by atoms with E-state index >= 15 is 0 Å². The Morgan fingerprint density at radius 1 is 1.24 bits per heavy atom. The summed E-state index contributed by atoms with van der Waals surface area (Å²) < 4.78 is 45.8. The van der Waals surface area contributed by atoms with E-state index in [2.05, 4.69) is 10.2 Å². The molecule has 4 rings (SSSR count). The van der Waals surface area contributed by atoms with Gasteiger partial charge in [-0.2, -0.15) is 0 Å². The third-order valence-electron chi connectivity index (χ3n) is 4.24. The van der Waals surface area contributed by atoms with Crippen molar-refractivity contribution in [2.45, 2.75) is 25.4 Å². The molecule has 0 spiro atoms. The minimum Gasteiger partial charge on any atom is -0.454 e. The van der Waals surface area contributed by atoms with E-state index in [0.717, 1.165) is 9.96 Å². The van der Waals surface area contributed by atoms with Crippen LogP contribution in [-0.4, -0.2) is 20.6 Å². The molecule has 0 bridgehead atoms. The largest absolute Gasteiger partial charge is 0.454 e. The Kier molecular flexibility index (Phi) is 3.67. The minimum absolute atomic E-state index is 0.0963. The second kappa shape index (κ2) is 5.87. The maximum Gasteiger partial charge on any atom is 0.340 e. The number of aryl methyl sites for hydroxylation is 1. The number of ether oxygens (including phenoxy) is 1. The first-order valence-corrected chi connectivity index (χ1v) is 7.65. The van der Waals surface area contributed by atoms with Crippen LogP contribution >= 0.6 is 0 Å². The van der Waals surface area contributed by atoms with E-state index in [9.17, 15) is 18.0 Å². The number of alkyl halides is 2. The number of halogens is 3. The first-order chi connectivity index (χ1) is 12.0. The van der Waals surface area contributed by atoms with E-state index in [0.29, 0.717) is 18.4 Å². The van der Waals surface area contributed by atoms with Crippen LogP contribution in [0.15, 0.2) is 36.5 Å². The SMILES string of the molecule is O=C(O[C@H]1CCc2ccc(F)cc21)c1ccc2nnc(C(F)F)n2c1. The number of benzene rings is 1. The minimum atomic E-state index is -2.81. The lowest BCUT2D eigenvalue weighted by Gasteiger charge is -2.13. The van der Waals surface area contributed by atoms with Crippen molar-refractivity contribution in [2.24, 2.45) is 0 Å². The molecule has 0 aliphatic heterocycles. The summed E-state index contributed by atoms with van der Waals surface area (Å²) in [5, 5.41) is 7.03. The second-order valence-electron chi connectivity index (χ2n) is 5.78. The molecule has 5 nitrogen and oxygen atoms in total. The van der Waals surface area contributed by atoms with Gasteiger partial charge in [0.25, 0.3) is 6.43 Å². The quantitative estimate of drug-likeness (QED) is 0.679. The third-order valence-corrected chi connectivity index (χ3v) is 4.24. The highest BCUT2D eigenvalue weighted by Crippen LogP contribution is 2.35. The van der Waals surface area contributed by atoms with Gasteiger partial charge in [-0.1, -0.05) is 6.07 Å². The molecule has 0 amide bonds. The van der Waals surface area contributed by atoms with Crippen molar-refractivity contribution < 1.29 is 22.7 Å². The molecule has 1 aliphatic rings. The topological polar surface area (TPSA) is 56.5 Å². The van der Waals surface area contributed by atoms with E-state index in [-0.39, 0.29) is 11.2 Å². The van der Waals surface area contributed by atoms with E-state index in [4.69, 9.17) is 4.74 Å². The molecule has 2 aromatic heterocycles. The maximum absolute atomic E-state index is 13.4. The molecule has 1 aliphatic carbocycles. The molecular formula is C17H12F3N3O2. The van der Waals surface area contributed by atoms with Gasteiger partial charge in [0, 0.05) is 6.20 Å². The molecule has 0 fully saturated rings. The Morgan fingerprint density at radius 3 is 2.88 bits per heavy atom. The first-order valence-electron chi connectivity index (χ1n) is 7.65. The first kappa shape index (κ1) is 15.6. The van der Waals surface area contributed by atoms with Crippen LogP contribution in [0.4, 0.5) is 13.2 Å². The molecule has 1 atom stereocenters. The summed E-state index contributed by atoms with van der Waals surface area (Å²) in [5.41, 5.74) is 1.89. The van der Waals surface area contributed by atoms with Crippen LogP contribution in [0.1, 0.15) is 46.3 Å². The fourth-order valence-electron chi connectivity index (χ4n) is 3.03. The Hall–Kier alpha value is -2.90. The molecule has 0 unspecified atom stereocenters. The highest BCUT2D eigenvalue weighted by Gasteiger charge is 2.27. The van der Waals surface area contributed by atoms with Crippen molar-refractivity contribution in [3.05, 3.63) is 64.9 Å². The van der Waals surface area contributed by atoms with Crippen molar-refractivity contribution in [3.63, 3.8) is 0 Å². The van der Waals surface area contributed by atoms with Gasteiger partial charge in [0.05, 0.1) is 5.56 Å². The average Bonchev–Trinajstić information content (AvgIpc) is 3.18. The summed E-state index contributed by atoms with van der Waals surface area (Å²) in [6.45, 7) is 0. The van der Waals surface area contributed by atoms with E-state index < -0.39 is 30.1 Å². The van der Waals surface area contributed by atoms with Gasteiger partial charge in [-0.05, 0) is 48.2 Å². The highest BCUT2D eigenvalue weighted by atomic mass is 19.3. The molecule has 2 heterocycles.